The lowest BCUT2D eigenvalue weighted by Gasteiger charge is -2.44. The number of amides is 1. The summed E-state index contributed by atoms with van der Waals surface area (Å²) in [7, 11) is -3.79. The summed E-state index contributed by atoms with van der Waals surface area (Å²) in [4.78, 5) is 16.3. The molecule has 1 amide bonds. The summed E-state index contributed by atoms with van der Waals surface area (Å²) in [6.07, 6.45) is 2.31. The number of nitrogens with two attached hydrogens (primary N) is 1. The molecule has 1 aromatic heterocycles. The third-order valence-corrected chi connectivity index (χ3v) is 8.53. The molecule has 144 valence electrons. The Bertz CT molecular complexity index is 950. The van der Waals surface area contributed by atoms with E-state index in [2.05, 4.69) is 10.2 Å². The van der Waals surface area contributed by atoms with Gasteiger partial charge in [0.15, 0.2) is 0 Å². The van der Waals surface area contributed by atoms with Crippen molar-refractivity contribution in [1.29, 1.82) is 0 Å². The van der Waals surface area contributed by atoms with Gasteiger partial charge in [-0.15, -0.1) is 11.3 Å². The molecule has 1 unspecified atom stereocenters. The van der Waals surface area contributed by atoms with Crippen LogP contribution >= 0.6 is 23.1 Å². The number of piperidine rings is 3. The smallest absolute Gasteiger partial charge is 0.261 e. The number of nitrogens with one attached hydrogen (secondary N) is 1. The largest absolute Gasteiger partial charge is 0.347 e. The Hall–Kier alpha value is -1.39. The van der Waals surface area contributed by atoms with Gasteiger partial charge >= 0.3 is 0 Å². The second kappa shape index (κ2) is 7.56. The number of hydrogen-bond acceptors (Lipinski definition) is 6. The number of thiophene rings is 1. The van der Waals surface area contributed by atoms with Gasteiger partial charge < -0.3 is 10.2 Å². The van der Waals surface area contributed by atoms with Crippen LogP contribution in [-0.4, -0.2) is 44.9 Å². The molecule has 0 spiro atoms. The molecule has 1 aromatic carbocycles. The monoisotopic (exact) mass is 423 g/mol. The van der Waals surface area contributed by atoms with E-state index in [-0.39, 0.29) is 16.8 Å². The standard InChI is InChI=1S/C18H21N3O3S3/c19-27(23,24)16-4-2-1-3-14(16)25-17-6-5-15(26-17)18(22)20-13-11-21-9-7-12(13)8-10-21/h1-6,12-13H,7-11H2,(H,20,22)(H2,19,23,24). The maximum absolute atomic E-state index is 12.6. The van der Waals surface area contributed by atoms with Crippen LogP contribution in [0.1, 0.15) is 22.5 Å². The molecule has 3 aliphatic heterocycles. The number of primary sulfonamides is 1. The summed E-state index contributed by atoms with van der Waals surface area (Å²) in [5, 5.41) is 8.48. The first-order valence-electron chi connectivity index (χ1n) is 8.83. The van der Waals surface area contributed by atoms with E-state index in [9.17, 15) is 13.2 Å². The van der Waals surface area contributed by atoms with Crippen molar-refractivity contribution in [2.75, 3.05) is 19.6 Å². The summed E-state index contributed by atoms with van der Waals surface area (Å²) >= 11 is 2.67. The first-order chi connectivity index (χ1) is 12.9. The second-order valence-corrected chi connectivity index (χ2v) is 10.9. The van der Waals surface area contributed by atoms with Crippen molar-refractivity contribution in [2.24, 2.45) is 11.1 Å². The average Bonchev–Trinajstić information content (AvgIpc) is 3.11. The maximum atomic E-state index is 12.6. The van der Waals surface area contributed by atoms with Gasteiger partial charge in [0.2, 0.25) is 10.0 Å². The molecule has 2 aromatic rings. The highest BCUT2D eigenvalue weighted by atomic mass is 32.2. The van der Waals surface area contributed by atoms with E-state index in [0.717, 1.165) is 36.7 Å². The Morgan fingerprint density at radius 2 is 1.93 bits per heavy atom. The molecule has 0 aliphatic carbocycles. The van der Waals surface area contributed by atoms with Crippen molar-refractivity contribution in [2.45, 2.75) is 32.9 Å². The molecule has 1 atom stereocenters. The van der Waals surface area contributed by atoms with Crippen molar-refractivity contribution in [3.63, 3.8) is 0 Å². The highest BCUT2D eigenvalue weighted by Crippen LogP contribution is 2.36. The summed E-state index contributed by atoms with van der Waals surface area (Å²) in [6, 6.07) is 10.5. The zero-order chi connectivity index (χ0) is 19.0. The molecule has 3 aliphatic rings. The molecule has 3 fully saturated rings. The van der Waals surface area contributed by atoms with Crippen molar-refractivity contribution >= 4 is 39.0 Å². The fourth-order valence-electron chi connectivity index (χ4n) is 3.74. The van der Waals surface area contributed by atoms with Crippen molar-refractivity contribution in [3.8, 4) is 0 Å². The van der Waals surface area contributed by atoms with E-state index < -0.39 is 10.0 Å². The van der Waals surface area contributed by atoms with Gasteiger partial charge in [-0.05, 0) is 56.1 Å². The minimum atomic E-state index is -3.79. The van der Waals surface area contributed by atoms with Crippen LogP contribution in [0, 0.1) is 5.92 Å². The fourth-order valence-corrected chi connectivity index (χ4v) is 6.85. The van der Waals surface area contributed by atoms with E-state index in [4.69, 9.17) is 5.14 Å². The predicted octanol–water partition coefficient (Wildman–Crippen LogP) is 2.37. The Morgan fingerprint density at radius 1 is 1.19 bits per heavy atom. The number of hydrogen-bond donors (Lipinski definition) is 2. The minimum Gasteiger partial charge on any atom is -0.347 e. The summed E-state index contributed by atoms with van der Waals surface area (Å²) in [6.45, 7) is 3.21. The minimum absolute atomic E-state index is 0.0506. The SMILES string of the molecule is NS(=O)(=O)c1ccccc1Sc1ccc(C(=O)NC2CN3CCC2CC3)s1. The highest BCUT2D eigenvalue weighted by Gasteiger charge is 2.35. The molecular formula is C18H21N3O3S3. The van der Waals surface area contributed by atoms with Crippen LogP contribution in [0.2, 0.25) is 0 Å². The highest BCUT2D eigenvalue weighted by molar-refractivity contribution is 8.01. The van der Waals surface area contributed by atoms with Crippen molar-refractivity contribution < 1.29 is 13.2 Å². The summed E-state index contributed by atoms with van der Waals surface area (Å²) in [5.41, 5.74) is 0. The zero-order valence-corrected chi connectivity index (χ0v) is 17.1. The topological polar surface area (TPSA) is 92.5 Å². The van der Waals surface area contributed by atoms with Crippen molar-refractivity contribution in [3.05, 3.63) is 41.3 Å². The summed E-state index contributed by atoms with van der Waals surface area (Å²) in [5.74, 6) is 0.528. The third-order valence-electron chi connectivity index (χ3n) is 5.14. The van der Waals surface area contributed by atoms with Gasteiger partial charge in [-0.25, -0.2) is 13.6 Å². The molecule has 3 saturated heterocycles. The molecule has 0 radical (unpaired) electrons. The Balaban J connectivity index is 1.46. The van der Waals surface area contributed by atoms with E-state index >= 15 is 0 Å². The molecule has 0 saturated carbocycles. The lowest BCUT2D eigenvalue weighted by molar-refractivity contribution is 0.0622. The van der Waals surface area contributed by atoms with Gasteiger partial charge in [-0.1, -0.05) is 23.9 Å². The van der Waals surface area contributed by atoms with Gasteiger partial charge in [0.1, 0.15) is 0 Å². The number of carbonyl (C=O) groups is 1. The van der Waals surface area contributed by atoms with Crippen LogP contribution in [-0.2, 0) is 10.0 Å². The molecule has 6 nitrogen and oxygen atoms in total. The van der Waals surface area contributed by atoms with Crippen LogP contribution in [0.15, 0.2) is 50.4 Å². The molecule has 27 heavy (non-hydrogen) atoms. The van der Waals surface area contributed by atoms with Crippen LogP contribution in [0.3, 0.4) is 0 Å². The maximum Gasteiger partial charge on any atom is 0.261 e. The van der Waals surface area contributed by atoms with E-state index in [1.54, 1.807) is 24.3 Å². The normalized spacial score (nSPS) is 24.7. The first kappa shape index (κ1) is 18.9. The molecule has 3 N–H and O–H groups in total. The lowest BCUT2D eigenvalue weighted by atomic mass is 9.84. The Labute approximate surface area is 167 Å². The Morgan fingerprint density at radius 3 is 2.59 bits per heavy atom. The second-order valence-electron chi connectivity index (χ2n) is 6.93. The van der Waals surface area contributed by atoms with Crippen LogP contribution in [0.5, 0.6) is 0 Å². The van der Waals surface area contributed by atoms with Gasteiger partial charge in [0.25, 0.3) is 5.91 Å². The predicted molar refractivity (Wildman–Crippen MR) is 107 cm³/mol. The number of carbonyl (C=O) groups excluding carboxylic acids is 1. The molecule has 2 bridgehead atoms. The first-order valence-corrected chi connectivity index (χ1v) is 12.0. The zero-order valence-electron chi connectivity index (χ0n) is 14.6. The van der Waals surface area contributed by atoms with Gasteiger partial charge in [-0.3, -0.25) is 4.79 Å². The third kappa shape index (κ3) is 4.22. The van der Waals surface area contributed by atoms with Crippen LogP contribution in [0.25, 0.3) is 0 Å². The van der Waals surface area contributed by atoms with E-state index in [1.165, 1.54) is 29.2 Å². The van der Waals surface area contributed by atoms with Gasteiger partial charge in [0.05, 0.1) is 14.0 Å². The summed E-state index contributed by atoms with van der Waals surface area (Å²) < 4.78 is 24.3. The van der Waals surface area contributed by atoms with E-state index in [1.807, 2.05) is 6.07 Å². The van der Waals surface area contributed by atoms with Gasteiger partial charge in [0, 0.05) is 17.5 Å². The lowest BCUT2D eigenvalue weighted by Crippen LogP contribution is -2.57. The van der Waals surface area contributed by atoms with Crippen LogP contribution in [0.4, 0.5) is 0 Å². The number of benzene rings is 1. The molecule has 9 heteroatoms. The van der Waals surface area contributed by atoms with Crippen LogP contribution < -0.4 is 10.5 Å². The Kier molecular flexibility index (Phi) is 5.30. The quantitative estimate of drug-likeness (QED) is 0.770. The average molecular weight is 424 g/mol. The fraction of sp³-hybridized carbons (Fsp3) is 0.389. The number of sulfonamides is 1. The van der Waals surface area contributed by atoms with E-state index in [0.29, 0.717) is 15.7 Å². The number of fused-ring (bicyclic) bond motifs is 3. The van der Waals surface area contributed by atoms with Gasteiger partial charge in [-0.2, -0.15) is 0 Å². The number of rotatable bonds is 5. The molecular weight excluding hydrogens is 402 g/mol. The molecule has 4 heterocycles. The number of nitrogens with zero attached hydrogens (tertiary/aromatic N) is 1. The van der Waals surface area contributed by atoms with Crippen molar-refractivity contribution in [1.82, 2.24) is 10.2 Å². The molecule has 5 rings (SSSR count).